The van der Waals surface area contributed by atoms with Crippen LogP contribution < -0.4 is 15.8 Å². The van der Waals surface area contributed by atoms with Crippen LogP contribution >= 0.6 is 0 Å². The van der Waals surface area contributed by atoms with Gasteiger partial charge < -0.3 is 15.8 Å². The summed E-state index contributed by atoms with van der Waals surface area (Å²) in [6.07, 6.45) is 1.41. The quantitative estimate of drug-likeness (QED) is 0.802. The van der Waals surface area contributed by atoms with Crippen molar-refractivity contribution < 1.29 is 13.9 Å². The van der Waals surface area contributed by atoms with Gasteiger partial charge in [-0.2, -0.15) is 0 Å². The predicted molar refractivity (Wildman–Crippen MR) is 77.1 cm³/mol. The van der Waals surface area contributed by atoms with Crippen LogP contribution in [-0.4, -0.2) is 25.6 Å². The summed E-state index contributed by atoms with van der Waals surface area (Å²) >= 11 is 0. The molecule has 0 saturated heterocycles. The summed E-state index contributed by atoms with van der Waals surface area (Å²) in [4.78, 5) is 11.8. The maximum absolute atomic E-state index is 13.5. The molecule has 0 saturated carbocycles. The molecule has 1 rings (SSSR count). The number of carbonyl (C=O) groups excluding carboxylic acids is 1. The second-order valence-corrected chi connectivity index (χ2v) is 4.92. The van der Waals surface area contributed by atoms with Crippen LogP contribution in [0.3, 0.4) is 0 Å². The van der Waals surface area contributed by atoms with Crippen molar-refractivity contribution in [1.82, 2.24) is 5.32 Å². The summed E-state index contributed by atoms with van der Waals surface area (Å²) < 4.78 is 18.3. The highest BCUT2D eigenvalue weighted by atomic mass is 19.1. The Morgan fingerprint density at radius 3 is 2.75 bits per heavy atom. The number of hydrogen-bond acceptors (Lipinski definition) is 3. The zero-order valence-corrected chi connectivity index (χ0v) is 12.3. The number of nitrogens with two attached hydrogens (primary N) is 1. The number of methoxy groups -OCH3 is 1. The summed E-state index contributed by atoms with van der Waals surface area (Å²) in [5.74, 6) is -0.189. The van der Waals surface area contributed by atoms with E-state index in [0.29, 0.717) is 13.0 Å². The molecule has 2 atom stereocenters. The lowest BCUT2D eigenvalue weighted by atomic mass is 9.99. The number of rotatable bonds is 7. The Bertz CT molecular complexity index is 451. The molecule has 1 aromatic carbocycles. The highest BCUT2D eigenvalue weighted by Crippen LogP contribution is 2.17. The Morgan fingerprint density at radius 2 is 2.20 bits per heavy atom. The lowest BCUT2D eigenvalue weighted by Crippen LogP contribution is -2.45. The molecular weight excluding hydrogens is 259 g/mol. The third-order valence-electron chi connectivity index (χ3n) is 3.49. The molecule has 0 bridgehead atoms. The van der Waals surface area contributed by atoms with Gasteiger partial charge in [-0.1, -0.05) is 26.3 Å². The average molecular weight is 282 g/mol. The minimum atomic E-state index is -0.493. The molecule has 0 aromatic heterocycles. The predicted octanol–water partition coefficient (Wildman–Crippen LogP) is 1.87. The third-order valence-corrected chi connectivity index (χ3v) is 3.49. The first-order valence-corrected chi connectivity index (χ1v) is 6.85. The smallest absolute Gasteiger partial charge is 0.237 e. The van der Waals surface area contributed by atoms with Crippen molar-refractivity contribution in [3.63, 3.8) is 0 Å². The van der Waals surface area contributed by atoms with E-state index in [2.05, 4.69) is 5.32 Å². The van der Waals surface area contributed by atoms with Crippen molar-refractivity contribution in [1.29, 1.82) is 0 Å². The zero-order chi connectivity index (χ0) is 15.1. The molecule has 1 aromatic rings. The summed E-state index contributed by atoms with van der Waals surface area (Å²) in [5.41, 5.74) is 6.63. The maximum atomic E-state index is 13.5. The molecule has 2 unspecified atom stereocenters. The van der Waals surface area contributed by atoms with Crippen LogP contribution in [0.25, 0.3) is 0 Å². The van der Waals surface area contributed by atoms with Crippen LogP contribution in [0.4, 0.5) is 4.39 Å². The molecule has 0 aliphatic carbocycles. The van der Waals surface area contributed by atoms with Gasteiger partial charge in [-0.3, -0.25) is 4.79 Å². The summed E-state index contributed by atoms with van der Waals surface area (Å²) in [5, 5.41) is 2.78. The van der Waals surface area contributed by atoms with E-state index in [4.69, 9.17) is 10.5 Å². The van der Waals surface area contributed by atoms with E-state index in [0.717, 1.165) is 12.0 Å². The topological polar surface area (TPSA) is 64.4 Å². The Morgan fingerprint density at radius 1 is 1.50 bits per heavy atom. The molecule has 20 heavy (non-hydrogen) atoms. The molecule has 0 spiro atoms. The molecule has 5 heteroatoms. The first-order valence-electron chi connectivity index (χ1n) is 6.85. The van der Waals surface area contributed by atoms with Gasteiger partial charge in [-0.25, -0.2) is 4.39 Å². The van der Waals surface area contributed by atoms with Gasteiger partial charge in [-0.15, -0.1) is 0 Å². The molecule has 0 aliphatic heterocycles. The minimum Gasteiger partial charge on any atom is -0.494 e. The van der Waals surface area contributed by atoms with Crippen molar-refractivity contribution in [3.05, 3.63) is 29.6 Å². The van der Waals surface area contributed by atoms with E-state index >= 15 is 0 Å². The average Bonchev–Trinajstić information content (AvgIpc) is 2.45. The van der Waals surface area contributed by atoms with Crippen LogP contribution in [0.15, 0.2) is 18.2 Å². The van der Waals surface area contributed by atoms with E-state index < -0.39 is 11.9 Å². The van der Waals surface area contributed by atoms with Crippen LogP contribution in [0, 0.1) is 11.7 Å². The van der Waals surface area contributed by atoms with Crippen LogP contribution in [-0.2, 0) is 11.2 Å². The number of amides is 1. The van der Waals surface area contributed by atoms with Gasteiger partial charge in [0.2, 0.25) is 5.91 Å². The third kappa shape index (κ3) is 4.49. The number of hydrogen-bond donors (Lipinski definition) is 2. The molecule has 0 radical (unpaired) electrons. The van der Waals surface area contributed by atoms with Crippen molar-refractivity contribution in [3.8, 4) is 5.75 Å². The number of ether oxygens (including phenoxy) is 1. The fraction of sp³-hybridized carbons (Fsp3) is 0.533. The van der Waals surface area contributed by atoms with Crippen LogP contribution in [0.5, 0.6) is 5.75 Å². The summed E-state index contributed by atoms with van der Waals surface area (Å²) in [7, 11) is 1.43. The zero-order valence-electron chi connectivity index (χ0n) is 12.3. The maximum Gasteiger partial charge on any atom is 0.237 e. The standard InChI is InChI=1S/C15H23FN2O2/c1-4-10(2)14(17)15(19)18-8-7-11-5-6-13(20-3)12(16)9-11/h5-6,9-10,14H,4,7-8,17H2,1-3H3,(H,18,19). The highest BCUT2D eigenvalue weighted by molar-refractivity contribution is 5.81. The SMILES string of the molecule is CCC(C)C(N)C(=O)NCCc1ccc(OC)c(F)c1. The Hall–Kier alpha value is -1.62. The van der Waals surface area contributed by atoms with E-state index in [1.165, 1.54) is 13.2 Å². The van der Waals surface area contributed by atoms with Crippen molar-refractivity contribution in [2.75, 3.05) is 13.7 Å². The number of nitrogens with one attached hydrogen (secondary N) is 1. The number of halogens is 1. The van der Waals surface area contributed by atoms with Gasteiger partial charge in [0.15, 0.2) is 11.6 Å². The van der Waals surface area contributed by atoms with E-state index in [1.807, 2.05) is 13.8 Å². The second-order valence-electron chi connectivity index (χ2n) is 4.92. The Balaban J connectivity index is 2.44. The minimum absolute atomic E-state index is 0.147. The van der Waals surface area contributed by atoms with Crippen molar-refractivity contribution in [2.24, 2.45) is 11.7 Å². The molecule has 1 amide bonds. The largest absolute Gasteiger partial charge is 0.494 e. The van der Waals surface area contributed by atoms with Crippen molar-refractivity contribution in [2.45, 2.75) is 32.7 Å². The van der Waals surface area contributed by atoms with E-state index in [1.54, 1.807) is 12.1 Å². The fourth-order valence-electron chi connectivity index (χ4n) is 1.83. The molecule has 0 aliphatic rings. The van der Waals surface area contributed by atoms with Gasteiger partial charge in [0.25, 0.3) is 0 Å². The van der Waals surface area contributed by atoms with Crippen LogP contribution in [0.1, 0.15) is 25.8 Å². The molecule has 3 N–H and O–H groups in total. The Labute approximate surface area is 119 Å². The van der Waals surface area contributed by atoms with Gasteiger partial charge in [0.05, 0.1) is 13.2 Å². The number of benzene rings is 1. The highest BCUT2D eigenvalue weighted by Gasteiger charge is 2.18. The molecule has 112 valence electrons. The van der Waals surface area contributed by atoms with Gasteiger partial charge in [-0.05, 0) is 30.0 Å². The van der Waals surface area contributed by atoms with Gasteiger partial charge in [0.1, 0.15) is 0 Å². The molecule has 0 fully saturated rings. The fourth-order valence-corrected chi connectivity index (χ4v) is 1.83. The van der Waals surface area contributed by atoms with E-state index in [-0.39, 0.29) is 17.6 Å². The normalized spacial score (nSPS) is 13.7. The molecule has 0 heterocycles. The lowest BCUT2D eigenvalue weighted by Gasteiger charge is -2.17. The van der Waals surface area contributed by atoms with Gasteiger partial charge >= 0.3 is 0 Å². The summed E-state index contributed by atoms with van der Waals surface area (Å²) in [6, 6.07) is 4.28. The van der Waals surface area contributed by atoms with Crippen molar-refractivity contribution >= 4 is 5.91 Å². The monoisotopic (exact) mass is 282 g/mol. The lowest BCUT2D eigenvalue weighted by molar-refractivity contribution is -0.123. The van der Waals surface area contributed by atoms with Crippen LogP contribution in [0.2, 0.25) is 0 Å². The first-order chi connectivity index (χ1) is 9.49. The molecular formula is C15H23FN2O2. The summed E-state index contributed by atoms with van der Waals surface area (Å²) in [6.45, 7) is 4.38. The second kappa shape index (κ2) is 7.85. The number of carbonyl (C=O) groups is 1. The first kappa shape index (κ1) is 16.4. The van der Waals surface area contributed by atoms with E-state index in [9.17, 15) is 9.18 Å². The Kier molecular flexibility index (Phi) is 6.45. The van der Waals surface area contributed by atoms with Gasteiger partial charge in [0, 0.05) is 6.54 Å². The molecule has 4 nitrogen and oxygen atoms in total.